The lowest BCUT2D eigenvalue weighted by Crippen LogP contribution is -2.29. The van der Waals surface area contributed by atoms with E-state index in [0.29, 0.717) is 0 Å². The number of carbonyl (C=O) groups is 2. The first-order chi connectivity index (χ1) is 11.7. The molecule has 1 unspecified atom stereocenters. The van der Waals surface area contributed by atoms with Crippen LogP contribution in [0.4, 0.5) is 0 Å². The molecule has 0 N–H and O–H groups in total. The van der Waals surface area contributed by atoms with Crippen molar-refractivity contribution in [2.24, 2.45) is 5.92 Å². The van der Waals surface area contributed by atoms with Crippen LogP contribution in [-0.4, -0.2) is 23.8 Å². The first-order valence-electron chi connectivity index (χ1n) is 7.84. The molecular weight excluding hydrogens is 324 g/mol. The number of hydrogen-bond acceptors (Lipinski definition) is 5. The molecule has 3 rings (SSSR count). The van der Waals surface area contributed by atoms with Gasteiger partial charge in [0, 0.05) is 4.90 Å². The monoisotopic (exact) mass is 342 g/mol. The number of hydrogen-bond donors (Lipinski definition) is 0. The van der Waals surface area contributed by atoms with E-state index in [1.165, 1.54) is 11.8 Å². The van der Waals surface area contributed by atoms with Gasteiger partial charge in [0.1, 0.15) is 17.3 Å². The number of cyclic esters (lactones) is 1. The summed E-state index contributed by atoms with van der Waals surface area (Å²) in [5.74, 6) is -1.44. The van der Waals surface area contributed by atoms with E-state index >= 15 is 0 Å². The zero-order valence-electron chi connectivity index (χ0n) is 13.3. The van der Waals surface area contributed by atoms with Crippen molar-refractivity contribution in [3.63, 3.8) is 0 Å². The number of thioether (sulfide) groups is 1. The molecule has 5 heteroatoms. The fourth-order valence-electron chi connectivity index (χ4n) is 2.74. The van der Waals surface area contributed by atoms with Gasteiger partial charge in [0.05, 0.1) is 6.61 Å². The summed E-state index contributed by atoms with van der Waals surface area (Å²) in [6.45, 7) is 2.03. The minimum atomic E-state index is -0.662. The van der Waals surface area contributed by atoms with E-state index in [4.69, 9.17) is 9.47 Å². The van der Waals surface area contributed by atoms with Gasteiger partial charge in [-0.3, -0.25) is 9.59 Å². The normalized spacial score (nSPS) is 22.9. The third-order valence-corrected chi connectivity index (χ3v) is 5.10. The van der Waals surface area contributed by atoms with Crippen LogP contribution in [0, 0.1) is 5.92 Å². The van der Waals surface area contributed by atoms with E-state index in [9.17, 15) is 9.59 Å². The Kier molecular flexibility index (Phi) is 5.20. The highest BCUT2D eigenvalue weighted by Crippen LogP contribution is 2.44. The molecule has 0 amide bonds. The Balaban J connectivity index is 1.91. The van der Waals surface area contributed by atoms with E-state index < -0.39 is 23.2 Å². The van der Waals surface area contributed by atoms with Gasteiger partial charge in [0.15, 0.2) is 0 Å². The quantitative estimate of drug-likeness (QED) is 0.777. The van der Waals surface area contributed by atoms with Crippen molar-refractivity contribution >= 4 is 23.7 Å². The molecule has 1 aliphatic heterocycles. The lowest BCUT2D eigenvalue weighted by molar-refractivity contribution is -0.150. The molecule has 1 saturated heterocycles. The highest BCUT2D eigenvalue weighted by molar-refractivity contribution is 8.00. The third kappa shape index (κ3) is 3.46. The Labute approximate surface area is 145 Å². The smallest absolute Gasteiger partial charge is 0.321 e. The van der Waals surface area contributed by atoms with Crippen LogP contribution in [0.25, 0.3) is 0 Å². The molecule has 0 spiro atoms. The highest BCUT2D eigenvalue weighted by atomic mass is 32.2. The molecule has 0 radical (unpaired) electrons. The van der Waals surface area contributed by atoms with Gasteiger partial charge < -0.3 is 9.47 Å². The summed E-state index contributed by atoms with van der Waals surface area (Å²) < 4.78 is 10.8. The molecule has 124 valence electrons. The molecule has 24 heavy (non-hydrogen) atoms. The fraction of sp³-hybridized carbons (Fsp3) is 0.263. The number of rotatable bonds is 5. The van der Waals surface area contributed by atoms with E-state index in [2.05, 4.69) is 0 Å². The largest absolute Gasteiger partial charge is 0.466 e. The zero-order valence-corrected chi connectivity index (χ0v) is 14.1. The van der Waals surface area contributed by atoms with Crippen molar-refractivity contribution in [3.8, 4) is 0 Å². The van der Waals surface area contributed by atoms with Crippen molar-refractivity contribution in [2.45, 2.75) is 23.2 Å². The van der Waals surface area contributed by atoms with Gasteiger partial charge in [0.2, 0.25) is 0 Å². The maximum absolute atomic E-state index is 12.5. The third-order valence-electron chi connectivity index (χ3n) is 3.82. The minimum Gasteiger partial charge on any atom is -0.466 e. The van der Waals surface area contributed by atoms with Crippen LogP contribution < -0.4 is 0 Å². The van der Waals surface area contributed by atoms with Crippen molar-refractivity contribution in [3.05, 3.63) is 66.2 Å². The molecule has 2 aromatic rings. The van der Waals surface area contributed by atoms with Crippen LogP contribution in [0.1, 0.15) is 18.6 Å². The summed E-state index contributed by atoms with van der Waals surface area (Å²) in [5, 5.41) is -0.614. The Morgan fingerprint density at radius 2 is 1.71 bits per heavy atom. The second-order valence-corrected chi connectivity index (χ2v) is 6.61. The molecule has 0 bridgehead atoms. The van der Waals surface area contributed by atoms with Crippen LogP contribution in [0.15, 0.2) is 65.6 Å². The number of ether oxygens (including phenoxy) is 2. The van der Waals surface area contributed by atoms with Crippen molar-refractivity contribution in [1.82, 2.24) is 0 Å². The molecule has 2 aromatic carbocycles. The first kappa shape index (κ1) is 16.6. The van der Waals surface area contributed by atoms with Gasteiger partial charge in [-0.2, -0.15) is 0 Å². The standard InChI is InChI=1S/C19H18O4S/c1-2-22-18(20)15-16(13-9-5-3-6-10-13)23-19(21)17(15)24-14-11-7-4-8-12-14/h3-12,15-17H,2H2,1H3/t15-,16-,17?/m0/s1. The summed E-state index contributed by atoms with van der Waals surface area (Å²) in [6.07, 6.45) is -0.612. The summed E-state index contributed by atoms with van der Waals surface area (Å²) >= 11 is 1.34. The average Bonchev–Trinajstić information content (AvgIpc) is 2.93. The zero-order chi connectivity index (χ0) is 16.9. The SMILES string of the molecule is CCOC(=O)[C@@H]1C(Sc2ccccc2)C(=O)O[C@H]1c1ccccc1. The van der Waals surface area contributed by atoms with Crippen LogP contribution in [0.3, 0.4) is 0 Å². The Bertz CT molecular complexity index is 702. The molecule has 0 aromatic heterocycles. The van der Waals surface area contributed by atoms with Crippen molar-refractivity contribution in [1.29, 1.82) is 0 Å². The Morgan fingerprint density at radius 1 is 1.08 bits per heavy atom. The lowest BCUT2D eigenvalue weighted by atomic mass is 9.95. The molecule has 3 atom stereocenters. The van der Waals surface area contributed by atoms with Crippen LogP contribution in [0.5, 0.6) is 0 Å². The van der Waals surface area contributed by atoms with Crippen molar-refractivity contribution < 1.29 is 19.1 Å². The molecule has 0 aliphatic carbocycles. The van der Waals surface area contributed by atoms with Crippen LogP contribution >= 0.6 is 11.8 Å². The van der Waals surface area contributed by atoms with E-state index in [1.54, 1.807) is 6.92 Å². The van der Waals surface area contributed by atoms with E-state index in [0.717, 1.165) is 10.5 Å². The van der Waals surface area contributed by atoms with Gasteiger partial charge in [0.25, 0.3) is 0 Å². The van der Waals surface area contributed by atoms with Gasteiger partial charge in [-0.25, -0.2) is 0 Å². The lowest BCUT2D eigenvalue weighted by Gasteiger charge is -2.19. The summed E-state index contributed by atoms with van der Waals surface area (Å²) in [4.78, 5) is 25.9. The molecular formula is C19H18O4S. The fourth-order valence-corrected chi connectivity index (χ4v) is 3.90. The Hall–Kier alpha value is -2.27. The van der Waals surface area contributed by atoms with E-state index in [1.807, 2.05) is 60.7 Å². The molecule has 4 nitrogen and oxygen atoms in total. The molecule has 0 saturated carbocycles. The minimum absolute atomic E-state index is 0.272. The second kappa shape index (κ2) is 7.53. The maximum atomic E-state index is 12.5. The predicted octanol–water partition coefficient (Wildman–Crippen LogP) is 3.62. The number of carbonyl (C=O) groups excluding carboxylic acids is 2. The van der Waals surface area contributed by atoms with Gasteiger partial charge in [-0.05, 0) is 24.6 Å². The van der Waals surface area contributed by atoms with Gasteiger partial charge >= 0.3 is 11.9 Å². The van der Waals surface area contributed by atoms with Crippen molar-refractivity contribution in [2.75, 3.05) is 6.61 Å². The average molecular weight is 342 g/mol. The van der Waals surface area contributed by atoms with Crippen LogP contribution in [0.2, 0.25) is 0 Å². The highest BCUT2D eigenvalue weighted by Gasteiger charge is 2.50. The van der Waals surface area contributed by atoms with Crippen LogP contribution in [-0.2, 0) is 19.1 Å². The number of benzene rings is 2. The predicted molar refractivity (Wildman–Crippen MR) is 91.5 cm³/mol. The summed E-state index contributed by atoms with van der Waals surface area (Å²) in [7, 11) is 0. The molecule has 1 heterocycles. The second-order valence-electron chi connectivity index (χ2n) is 5.40. The van der Waals surface area contributed by atoms with Gasteiger partial charge in [-0.15, -0.1) is 11.8 Å². The summed E-state index contributed by atoms with van der Waals surface area (Å²) in [6, 6.07) is 18.9. The van der Waals surface area contributed by atoms with Gasteiger partial charge in [-0.1, -0.05) is 48.5 Å². The summed E-state index contributed by atoms with van der Waals surface area (Å²) in [5.41, 5.74) is 0.806. The Morgan fingerprint density at radius 3 is 2.33 bits per heavy atom. The molecule has 1 fully saturated rings. The maximum Gasteiger partial charge on any atom is 0.321 e. The number of esters is 2. The topological polar surface area (TPSA) is 52.6 Å². The molecule has 1 aliphatic rings. The van der Waals surface area contributed by atoms with E-state index in [-0.39, 0.29) is 12.6 Å². The first-order valence-corrected chi connectivity index (χ1v) is 8.72.